The molecule has 1 aliphatic heterocycles. The fourth-order valence-electron chi connectivity index (χ4n) is 4.87. The number of carbonyl (C=O) groups is 1. The van der Waals surface area contributed by atoms with Crippen LogP contribution in [-0.4, -0.2) is 58.0 Å². The molecule has 1 fully saturated rings. The van der Waals surface area contributed by atoms with Gasteiger partial charge in [-0.05, 0) is 87.5 Å². The molecule has 1 amide bonds. The highest BCUT2D eigenvalue weighted by Crippen LogP contribution is 2.27. The number of amides is 1. The van der Waals surface area contributed by atoms with Crippen LogP contribution in [0, 0.1) is 0 Å². The van der Waals surface area contributed by atoms with Crippen LogP contribution in [0.2, 0.25) is 0 Å². The molecule has 0 atom stereocenters. The zero-order valence-corrected chi connectivity index (χ0v) is 22.3. The summed E-state index contributed by atoms with van der Waals surface area (Å²) < 4.78 is 2.28. The number of piperidine rings is 1. The summed E-state index contributed by atoms with van der Waals surface area (Å²) in [4.78, 5) is 23.0. The number of nitrogens with one attached hydrogen (secondary N) is 1. The van der Waals surface area contributed by atoms with Gasteiger partial charge in [-0.25, -0.2) is 4.98 Å². The third-order valence-corrected chi connectivity index (χ3v) is 7.69. The van der Waals surface area contributed by atoms with Crippen molar-refractivity contribution in [3.05, 3.63) is 41.3 Å². The third kappa shape index (κ3) is 6.85. The Morgan fingerprint density at radius 2 is 1.80 bits per heavy atom. The van der Waals surface area contributed by atoms with E-state index in [0.717, 1.165) is 85.8 Å². The highest BCUT2D eigenvalue weighted by molar-refractivity contribution is 7.14. The van der Waals surface area contributed by atoms with Gasteiger partial charge in [0, 0.05) is 25.2 Å². The molecule has 1 aromatic carbocycles. The van der Waals surface area contributed by atoms with Gasteiger partial charge in [0.15, 0.2) is 0 Å². The number of benzene rings is 1. The summed E-state index contributed by atoms with van der Waals surface area (Å²) in [6, 6.07) is 10.2. The molecule has 190 valence electrons. The molecule has 3 aromatic rings. The molecule has 4 rings (SSSR count). The van der Waals surface area contributed by atoms with E-state index in [0.29, 0.717) is 0 Å². The largest absolute Gasteiger partial charge is 0.339 e. The Labute approximate surface area is 214 Å². The minimum atomic E-state index is 0.141. The van der Waals surface area contributed by atoms with E-state index in [9.17, 15) is 4.79 Å². The first kappa shape index (κ1) is 25.7. The Bertz CT molecular complexity index is 1050. The fraction of sp³-hybridized carbons (Fsp3) is 0.571. The molecular weight excluding hydrogens is 454 g/mol. The summed E-state index contributed by atoms with van der Waals surface area (Å²) in [5, 5.41) is 6.67. The lowest BCUT2D eigenvalue weighted by Gasteiger charge is -2.26. The normalized spacial score (nSPS) is 14.5. The van der Waals surface area contributed by atoms with E-state index < -0.39 is 0 Å². The van der Waals surface area contributed by atoms with E-state index >= 15 is 0 Å². The van der Waals surface area contributed by atoms with Gasteiger partial charge in [-0.15, -0.1) is 11.3 Å². The predicted octanol–water partition coefficient (Wildman–Crippen LogP) is 6.76. The van der Waals surface area contributed by atoms with Crippen LogP contribution < -0.4 is 5.32 Å². The molecule has 0 radical (unpaired) electrons. The fourth-order valence-corrected chi connectivity index (χ4v) is 5.48. The second-order valence-corrected chi connectivity index (χ2v) is 10.6. The quantitative estimate of drug-likeness (QED) is 0.285. The van der Waals surface area contributed by atoms with Crippen molar-refractivity contribution in [2.24, 2.45) is 0 Å². The molecular formula is C28H41N5OS. The van der Waals surface area contributed by atoms with Crippen molar-refractivity contribution in [2.45, 2.75) is 71.8 Å². The highest BCUT2D eigenvalue weighted by Gasteiger charge is 2.19. The summed E-state index contributed by atoms with van der Waals surface area (Å²) in [6.45, 7) is 10.4. The first-order valence-electron chi connectivity index (χ1n) is 13.5. The standard InChI is InChI=1S/C28H41N5OS/c1-3-5-18-32(19-6-4-2)27(34)23-13-14-24-25(22-23)33(20-11-17-31-15-8-7-9-16-31)28(29-24)30-26-12-10-21-35-26/h10,12-14,21-22H,3-9,11,15-20H2,1-2H3,(H,29,30). The van der Waals surface area contributed by atoms with Crippen molar-refractivity contribution in [1.29, 1.82) is 0 Å². The second kappa shape index (κ2) is 13.1. The third-order valence-electron chi connectivity index (χ3n) is 6.91. The average Bonchev–Trinajstić information content (AvgIpc) is 3.52. The molecule has 0 unspecified atom stereocenters. The van der Waals surface area contributed by atoms with Crippen molar-refractivity contribution in [3.8, 4) is 0 Å². The van der Waals surface area contributed by atoms with Crippen LogP contribution >= 0.6 is 11.3 Å². The van der Waals surface area contributed by atoms with Crippen molar-refractivity contribution in [2.75, 3.05) is 38.0 Å². The SMILES string of the molecule is CCCCN(CCCC)C(=O)c1ccc2nc(Nc3cccs3)n(CCCN3CCCCC3)c2c1. The molecule has 0 spiro atoms. The molecule has 1 aliphatic rings. The Morgan fingerprint density at radius 3 is 2.49 bits per heavy atom. The van der Waals surface area contributed by atoms with Crippen LogP contribution in [0.5, 0.6) is 0 Å². The van der Waals surface area contributed by atoms with Gasteiger partial charge in [0.05, 0.1) is 16.0 Å². The number of rotatable bonds is 13. The summed E-state index contributed by atoms with van der Waals surface area (Å²) >= 11 is 1.68. The number of aromatic nitrogens is 2. The molecule has 35 heavy (non-hydrogen) atoms. The Kier molecular flexibility index (Phi) is 9.60. The first-order valence-corrected chi connectivity index (χ1v) is 14.4. The van der Waals surface area contributed by atoms with Gasteiger partial charge in [0.1, 0.15) is 0 Å². The highest BCUT2D eigenvalue weighted by atomic mass is 32.1. The van der Waals surface area contributed by atoms with E-state index in [2.05, 4.69) is 46.1 Å². The number of nitrogens with zero attached hydrogens (tertiary/aromatic N) is 4. The van der Waals surface area contributed by atoms with Crippen LogP contribution in [0.1, 0.15) is 75.6 Å². The summed E-state index contributed by atoms with van der Waals surface area (Å²) in [6.07, 6.45) is 9.34. The lowest BCUT2D eigenvalue weighted by molar-refractivity contribution is 0.0751. The first-order chi connectivity index (χ1) is 17.2. The molecule has 3 heterocycles. The minimum absolute atomic E-state index is 0.141. The zero-order valence-electron chi connectivity index (χ0n) is 21.5. The van der Waals surface area contributed by atoms with Gasteiger partial charge in [-0.2, -0.15) is 0 Å². The topological polar surface area (TPSA) is 53.4 Å². The average molecular weight is 496 g/mol. The predicted molar refractivity (Wildman–Crippen MR) is 148 cm³/mol. The Balaban J connectivity index is 1.58. The number of anilines is 2. The molecule has 1 N–H and O–H groups in total. The number of unbranched alkanes of at least 4 members (excludes halogenated alkanes) is 2. The number of likely N-dealkylation sites (tertiary alicyclic amines) is 1. The van der Waals surface area contributed by atoms with E-state index in [1.165, 1.54) is 32.4 Å². The maximum absolute atomic E-state index is 13.5. The molecule has 0 aliphatic carbocycles. The number of fused-ring (bicyclic) bond motifs is 1. The number of carbonyl (C=O) groups excluding carboxylic acids is 1. The number of thiophene rings is 1. The smallest absolute Gasteiger partial charge is 0.253 e. The maximum atomic E-state index is 13.5. The molecule has 6 nitrogen and oxygen atoms in total. The zero-order chi connectivity index (χ0) is 24.5. The molecule has 0 bridgehead atoms. The van der Waals surface area contributed by atoms with Crippen molar-refractivity contribution >= 4 is 39.2 Å². The van der Waals surface area contributed by atoms with Gasteiger partial charge in [-0.3, -0.25) is 4.79 Å². The number of aryl methyl sites for hydroxylation is 1. The molecule has 2 aromatic heterocycles. The molecule has 7 heteroatoms. The number of hydrogen-bond acceptors (Lipinski definition) is 5. The van der Waals surface area contributed by atoms with Crippen LogP contribution in [0.25, 0.3) is 11.0 Å². The van der Waals surface area contributed by atoms with Gasteiger partial charge < -0.3 is 19.7 Å². The maximum Gasteiger partial charge on any atom is 0.253 e. The second-order valence-electron chi connectivity index (χ2n) is 9.65. The van der Waals surface area contributed by atoms with E-state index in [-0.39, 0.29) is 5.91 Å². The van der Waals surface area contributed by atoms with Gasteiger partial charge in [0.2, 0.25) is 5.95 Å². The monoisotopic (exact) mass is 495 g/mol. The summed E-state index contributed by atoms with van der Waals surface area (Å²) in [5.41, 5.74) is 2.75. The number of hydrogen-bond donors (Lipinski definition) is 1. The van der Waals surface area contributed by atoms with Crippen molar-refractivity contribution < 1.29 is 4.79 Å². The van der Waals surface area contributed by atoms with Gasteiger partial charge in [0.25, 0.3) is 5.91 Å². The molecule has 0 saturated carbocycles. The lowest BCUT2D eigenvalue weighted by Crippen LogP contribution is -2.33. The Hall–Kier alpha value is -2.38. The summed E-state index contributed by atoms with van der Waals surface area (Å²) in [5.74, 6) is 1.00. The van der Waals surface area contributed by atoms with E-state index in [1.807, 2.05) is 23.1 Å². The van der Waals surface area contributed by atoms with Crippen LogP contribution in [0.4, 0.5) is 10.9 Å². The van der Waals surface area contributed by atoms with Gasteiger partial charge in [-0.1, -0.05) is 33.1 Å². The van der Waals surface area contributed by atoms with E-state index in [4.69, 9.17) is 4.98 Å². The van der Waals surface area contributed by atoms with Crippen molar-refractivity contribution in [1.82, 2.24) is 19.4 Å². The van der Waals surface area contributed by atoms with Crippen LogP contribution in [0.3, 0.4) is 0 Å². The van der Waals surface area contributed by atoms with Crippen LogP contribution in [-0.2, 0) is 6.54 Å². The minimum Gasteiger partial charge on any atom is -0.339 e. The van der Waals surface area contributed by atoms with E-state index in [1.54, 1.807) is 11.3 Å². The van der Waals surface area contributed by atoms with Crippen molar-refractivity contribution in [3.63, 3.8) is 0 Å². The lowest BCUT2D eigenvalue weighted by atomic mass is 10.1. The number of imidazole rings is 1. The van der Waals surface area contributed by atoms with Crippen LogP contribution in [0.15, 0.2) is 35.7 Å². The Morgan fingerprint density at radius 1 is 1.03 bits per heavy atom. The molecule has 1 saturated heterocycles. The van der Waals surface area contributed by atoms with Gasteiger partial charge >= 0.3 is 0 Å². The summed E-state index contributed by atoms with van der Waals surface area (Å²) in [7, 11) is 0.